The monoisotopic (exact) mass is 387 g/mol. The van der Waals surface area contributed by atoms with Gasteiger partial charge in [0.1, 0.15) is 0 Å². The third kappa shape index (κ3) is 5.11. The number of nitrogens with zero attached hydrogens (tertiary/aromatic N) is 2. The van der Waals surface area contributed by atoms with Crippen LogP contribution >= 0.6 is 0 Å². The van der Waals surface area contributed by atoms with Gasteiger partial charge >= 0.3 is 0 Å². The van der Waals surface area contributed by atoms with Crippen molar-refractivity contribution in [2.75, 3.05) is 51.3 Å². The molecule has 2 fully saturated rings. The summed E-state index contributed by atoms with van der Waals surface area (Å²) in [5.74, 6) is 0.724. The second kappa shape index (κ2) is 9.52. The summed E-state index contributed by atoms with van der Waals surface area (Å²) in [5.41, 5.74) is 3.21. The maximum absolute atomic E-state index is 12.6. The van der Waals surface area contributed by atoms with Crippen molar-refractivity contribution in [3.8, 4) is 0 Å². The first-order valence-electron chi connectivity index (χ1n) is 10.4. The fourth-order valence-corrected chi connectivity index (χ4v) is 4.10. The smallest absolute Gasteiger partial charge is 0.238 e. The van der Waals surface area contributed by atoms with Crippen molar-refractivity contribution in [3.05, 3.63) is 29.3 Å². The number of hydrogen-bond donors (Lipinski definition) is 1. The molecule has 0 spiro atoms. The van der Waals surface area contributed by atoms with Crippen molar-refractivity contribution in [3.63, 3.8) is 0 Å². The Bertz CT molecular complexity index is 690. The van der Waals surface area contributed by atoms with Gasteiger partial charge in [0.25, 0.3) is 0 Å². The molecule has 0 radical (unpaired) electrons. The summed E-state index contributed by atoms with van der Waals surface area (Å²) in [7, 11) is 0. The van der Waals surface area contributed by atoms with Gasteiger partial charge in [-0.15, -0.1) is 0 Å². The first-order chi connectivity index (χ1) is 13.5. The molecule has 0 aliphatic carbocycles. The Morgan fingerprint density at radius 3 is 2.46 bits per heavy atom. The minimum Gasteiger partial charge on any atom is -0.378 e. The Hall–Kier alpha value is -1.92. The average molecular weight is 388 g/mol. The number of aryl methyl sites for hydroxylation is 1. The van der Waals surface area contributed by atoms with Gasteiger partial charge < -0.3 is 15.0 Å². The normalized spacial score (nSPS) is 19.1. The Morgan fingerprint density at radius 1 is 1.14 bits per heavy atom. The summed E-state index contributed by atoms with van der Waals surface area (Å²) in [6.07, 6.45) is 1.65. The third-order valence-corrected chi connectivity index (χ3v) is 5.82. The van der Waals surface area contributed by atoms with Crippen molar-refractivity contribution >= 4 is 17.5 Å². The van der Waals surface area contributed by atoms with Gasteiger partial charge in [0.15, 0.2) is 0 Å². The molecule has 1 aromatic carbocycles. The zero-order valence-corrected chi connectivity index (χ0v) is 17.4. The van der Waals surface area contributed by atoms with Crippen LogP contribution in [-0.4, -0.2) is 67.6 Å². The van der Waals surface area contributed by atoms with Crippen molar-refractivity contribution < 1.29 is 14.3 Å². The van der Waals surface area contributed by atoms with Crippen molar-refractivity contribution in [1.29, 1.82) is 0 Å². The summed E-state index contributed by atoms with van der Waals surface area (Å²) < 4.78 is 5.33. The zero-order chi connectivity index (χ0) is 20.1. The molecule has 154 valence electrons. The van der Waals surface area contributed by atoms with Crippen LogP contribution in [0.3, 0.4) is 0 Å². The highest BCUT2D eigenvalue weighted by Gasteiger charge is 2.30. The SMILES string of the molecule is Cc1cccc(C(C)C)c1NC(=O)CN1CCC(C(=O)N2CCOCC2)CC1. The van der Waals surface area contributed by atoms with E-state index in [9.17, 15) is 9.59 Å². The molecule has 6 nitrogen and oxygen atoms in total. The highest BCUT2D eigenvalue weighted by Crippen LogP contribution is 2.27. The number of para-hydroxylation sites is 1. The summed E-state index contributed by atoms with van der Waals surface area (Å²) >= 11 is 0. The number of anilines is 1. The van der Waals surface area contributed by atoms with E-state index in [1.165, 1.54) is 5.56 Å². The van der Waals surface area contributed by atoms with Crippen LogP contribution in [0.15, 0.2) is 18.2 Å². The fourth-order valence-electron chi connectivity index (χ4n) is 4.10. The fraction of sp³-hybridized carbons (Fsp3) is 0.636. The van der Waals surface area contributed by atoms with Crippen LogP contribution in [0.25, 0.3) is 0 Å². The molecule has 0 unspecified atom stereocenters. The average Bonchev–Trinajstić information content (AvgIpc) is 2.70. The maximum Gasteiger partial charge on any atom is 0.238 e. The van der Waals surface area contributed by atoms with Gasteiger partial charge in [0.2, 0.25) is 11.8 Å². The number of carbonyl (C=O) groups is 2. The van der Waals surface area contributed by atoms with E-state index >= 15 is 0 Å². The van der Waals surface area contributed by atoms with E-state index in [0.717, 1.165) is 37.2 Å². The Kier molecular flexibility index (Phi) is 7.08. The molecule has 0 bridgehead atoms. The van der Waals surface area contributed by atoms with E-state index in [4.69, 9.17) is 4.74 Å². The van der Waals surface area contributed by atoms with Gasteiger partial charge in [-0.25, -0.2) is 0 Å². The third-order valence-electron chi connectivity index (χ3n) is 5.82. The molecule has 0 aromatic heterocycles. The molecular formula is C22H33N3O3. The van der Waals surface area contributed by atoms with E-state index in [1.807, 2.05) is 24.0 Å². The lowest BCUT2D eigenvalue weighted by Crippen LogP contribution is -2.47. The summed E-state index contributed by atoms with van der Waals surface area (Å²) in [5, 5.41) is 3.12. The number of morpholine rings is 1. The number of carbonyl (C=O) groups excluding carboxylic acids is 2. The first kappa shape index (κ1) is 20.8. The Balaban J connectivity index is 1.50. The second-order valence-corrected chi connectivity index (χ2v) is 8.23. The molecule has 2 saturated heterocycles. The highest BCUT2D eigenvalue weighted by atomic mass is 16.5. The molecule has 6 heteroatoms. The second-order valence-electron chi connectivity index (χ2n) is 8.23. The molecule has 0 saturated carbocycles. The van der Waals surface area contributed by atoms with E-state index in [0.29, 0.717) is 38.8 Å². The van der Waals surface area contributed by atoms with E-state index < -0.39 is 0 Å². The van der Waals surface area contributed by atoms with Gasteiger partial charge in [0, 0.05) is 24.7 Å². The van der Waals surface area contributed by atoms with Crippen LogP contribution in [0.2, 0.25) is 0 Å². The molecule has 0 atom stereocenters. The van der Waals surface area contributed by atoms with E-state index in [1.54, 1.807) is 0 Å². The predicted octanol–water partition coefficient (Wildman–Crippen LogP) is 2.63. The van der Waals surface area contributed by atoms with Crippen LogP contribution in [0, 0.1) is 12.8 Å². The quantitative estimate of drug-likeness (QED) is 0.844. The Labute approximate surface area is 168 Å². The molecule has 2 amide bonds. The van der Waals surface area contributed by atoms with Gasteiger partial charge in [-0.3, -0.25) is 14.5 Å². The lowest BCUT2D eigenvalue weighted by atomic mass is 9.95. The van der Waals surface area contributed by atoms with Crippen molar-refractivity contribution in [2.24, 2.45) is 5.92 Å². The molecule has 2 aliphatic rings. The maximum atomic E-state index is 12.6. The number of hydrogen-bond acceptors (Lipinski definition) is 4. The lowest BCUT2D eigenvalue weighted by Gasteiger charge is -2.35. The van der Waals surface area contributed by atoms with Crippen LogP contribution in [0.1, 0.15) is 43.7 Å². The van der Waals surface area contributed by atoms with Gasteiger partial charge in [-0.05, 0) is 49.9 Å². The minimum absolute atomic E-state index is 0.0224. The standard InChI is InChI=1S/C22H33N3O3/c1-16(2)19-6-4-5-17(3)21(19)23-20(26)15-24-9-7-18(8-10-24)22(27)25-11-13-28-14-12-25/h4-6,16,18H,7-15H2,1-3H3,(H,23,26). The number of benzene rings is 1. The summed E-state index contributed by atoms with van der Waals surface area (Å²) in [6.45, 7) is 11.0. The lowest BCUT2D eigenvalue weighted by molar-refractivity contribution is -0.141. The Morgan fingerprint density at radius 2 is 1.82 bits per heavy atom. The number of ether oxygens (including phenoxy) is 1. The number of nitrogens with one attached hydrogen (secondary N) is 1. The summed E-state index contributed by atoms with van der Waals surface area (Å²) in [4.78, 5) is 29.4. The molecule has 2 heterocycles. The van der Waals surface area contributed by atoms with Gasteiger partial charge in [0.05, 0.1) is 19.8 Å². The first-order valence-corrected chi connectivity index (χ1v) is 10.4. The summed E-state index contributed by atoms with van der Waals surface area (Å²) in [6, 6.07) is 6.15. The van der Waals surface area contributed by atoms with Gasteiger partial charge in [-0.1, -0.05) is 32.0 Å². The molecule has 2 aliphatic heterocycles. The highest BCUT2D eigenvalue weighted by molar-refractivity contribution is 5.94. The molecular weight excluding hydrogens is 354 g/mol. The number of rotatable bonds is 5. The van der Waals surface area contributed by atoms with Crippen LogP contribution in [0.5, 0.6) is 0 Å². The number of amides is 2. The zero-order valence-electron chi connectivity index (χ0n) is 17.4. The number of piperidine rings is 1. The van der Waals surface area contributed by atoms with Gasteiger partial charge in [-0.2, -0.15) is 0 Å². The van der Waals surface area contributed by atoms with E-state index in [-0.39, 0.29) is 17.7 Å². The van der Waals surface area contributed by atoms with Crippen LogP contribution in [0.4, 0.5) is 5.69 Å². The molecule has 1 aromatic rings. The topological polar surface area (TPSA) is 61.9 Å². The van der Waals surface area contributed by atoms with Crippen molar-refractivity contribution in [1.82, 2.24) is 9.80 Å². The minimum atomic E-state index is 0.0224. The predicted molar refractivity (Wildman–Crippen MR) is 110 cm³/mol. The molecule has 1 N–H and O–H groups in total. The largest absolute Gasteiger partial charge is 0.378 e. The van der Waals surface area contributed by atoms with E-state index in [2.05, 4.69) is 30.1 Å². The van der Waals surface area contributed by atoms with Crippen molar-refractivity contribution in [2.45, 2.75) is 39.5 Å². The molecule has 28 heavy (non-hydrogen) atoms. The van der Waals surface area contributed by atoms with Crippen LogP contribution in [-0.2, 0) is 14.3 Å². The molecule has 3 rings (SSSR count). The van der Waals surface area contributed by atoms with Crippen LogP contribution < -0.4 is 5.32 Å². The number of likely N-dealkylation sites (tertiary alicyclic amines) is 1.